The SMILES string of the molecule is Fc1cc(F)c2nccc(N3CCOC(c4cccs4)C3)c2c1. The molecular weight excluding hydrogens is 318 g/mol. The van der Waals surface area contributed by atoms with E-state index >= 15 is 0 Å². The molecule has 3 aromatic rings. The zero-order valence-electron chi connectivity index (χ0n) is 12.2. The van der Waals surface area contributed by atoms with Crippen molar-refractivity contribution in [2.24, 2.45) is 0 Å². The number of pyridine rings is 1. The van der Waals surface area contributed by atoms with Gasteiger partial charge in [0.15, 0.2) is 5.82 Å². The van der Waals surface area contributed by atoms with Gasteiger partial charge in [-0.05, 0) is 23.6 Å². The van der Waals surface area contributed by atoms with Crippen LogP contribution in [-0.2, 0) is 4.74 Å². The number of anilines is 1. The fourth-order valence-corrected chi connectivity index (χ4v) is 3.72. The van der Waals surface area contributed by atoms with Gasteiger partial charge in [-0.3, -0.25) is 4.98 Å². The van der Waals surface area contributed by atoms with Gasteiger partial charge in [-0.25, -0.2) is 8.78 Å². The average Bonchev–Trinajstić information content (AvgIpc) is 3.09. The van der Waals surface area contributed by atoms with E-state index in [1.54, 1.807) is 23.6 Å². The highest BCUT2D eigenvalue weighted by atomic mass is 32.1. The Morgan fingerprint density at radius 2 is 2.17 bits per heavy atom. The standard InChI is InChI=1S/C17H14F2N2OS/c18-11-8-12-14(3-4-20-17(12)13(19)9-11)21-5-6-22-15(10-21)16-2-1-7-23-16/h1-4,7-9,15H,5-6,10H2. The monoisotopic (exact) mass is 332 g/mol. The molecule has 6 heteroatoms. The van der Waals surface area contributed by atoms with E-state index in [0.29, 0.717) is 25.1 Å². The van der Waals surface area contributed by atoms with Gasteiger partial charge >= 0.3 is 0 Å². The van der Waals surface area contributed by atoms with Crippen molar-refractivity contribution in [1.29, 1.82) is 0 Å². The van der Waals surface area contributed by atoms with Crippen molar-refractivity contribution in [2.75, 3.05) is 24.6 Å². The predicted molar refractivity (Wildman–Crippen MR) is 86.9 cm³/mol. The first-order valence-corrected chi connectivity index (χ1v) is 8.24. The van der Waals surface area contributed by atoms with Crippen molar-refractivity contribution in [1.82, 2.24) is 4.98 Å². The molecule has 3 nitrogen and oxygen atoms in total. The Labute approximate surface area is 136 Å². The summed E-state index contributed by atoms with van der Waals surface area (Å²) in [6.07, 6.45) is 1.54. The molecule has 23 heavy (non-hydrogen) atoms. The molecule has 1 fully saturated rings. The van der Waals surface area contributed by atoms with E-state index in [1.807, 2.05) is 17.5 Å². The Morgan fingerprint density at radius 3 is 3.00 bits per heavy atom. The molecule has 0 radical (unpaired) electrons. The molecule has 0 amide bonds. The number of morpholine rings is 1. The number of benzene rings is 1. The van der Waals surface area contributed by atoms with E-state index in [-0.39, 0.29) is 11.6 Å². The largest absolute Gasteiger partial charge is 0.369 e. The van der Waals surface area contributed by atoms with Crippen LogP contribution in [0.4, 0.5) is 14.5 Å². The van der Waals surface area contributed by atoms with Crippen LogP contribution < -0.4 is 4.90 Å². The lowest BCUT2D eigenvalue weighted by molar-refractivity contribution is 0.0422. The highest BCUT2D eigenvalue weighted by molar-refractivity contribution is 7.10. The third kappa shape index (κ3) is 2.68. The first kappa shape index (κ1) is 14.5. The first-order chi connectivity index (χ1) is 11.2. The van der Waals surface area contributed by atoms with Gasteiger partial charge in [-0.1, -0.05) is 6.07 Å². The minimum absolute atomic E-state index is 0.0228. The van der Waals surface area contributed by atoms with Crippen LogP contribution in [0.15, 0.2) is 41.9 Å². The van der Waals surface area contributed by atoms with E-state index in [2.05, 4.69) is 9.88 Å². The highest BCUT2D eigenvalue weighted by Crippen LogP contribution is 2.33. The second kappa shape index (κ2) is 5.86. The molecule has 1 saturated heterocycles. The molecule has 0 bridgehead atoms. The van der Waals surface area contributed by atoms with Crippen molar-refractivity contribution in [3.05, 3.63) is 58.4 Å². The second-order valence-electron chi connectivity index (χ2n) is 5.43. The Kier molecular flexibility index (Phi) is 3.71. The van der Waals surface area contributed by atoms with Crippen molar-refractivity contribution in [3.63, 3.8) is 0 Å². The summed E-state index contributed by atoms with van der Waals surface area (Å²) >= 11 is 1.65. The molecule has 1 atom stereocenters. The lowest BCUT2D eigenvalue weighted by Crippen LogP contribution is -2.38. The normalized spacial score (nSPS) is 18.5. The number of rotatable bonds is 2. The van der Waals surface area contributed by atoms with Gasteiger partial charge in [0.05, 0.1) is 6.61 Å². The summed E-state index contributed by atoms with van der Waals surface area (Å²) in [6, 6.07) is 8.05. The molecular formula is C17H14F2N2OS. The maximum absolute atomic E-state index is 14.0. The predicted octanol–water partition coefficient (Wildman–Crippen LogP) is 4.15. The van der Waals surface area contributed by atoms with Gasteiger partial charge in [0.25, 0.3) is 0 Å². The van der Waals surface area contributed by atoms with Gasteiger partial charge in [0.2, 0.25) is 0 Å². The topological polar surface area (TPSA) is 25.4 Å². The summed E-state index contributed by atoms with van der Waals surface area (Å²) in [5.41, 5.74) is 0.987. The molecule has 0 N–H and O–H groups in total. The second-order valence-corrected chi connectivity index (χ2v) is 6.41. The molecule has 4 rings (SSSR count). The average molecular weight is 332 g/mol. The molecule has 1 unspecified atom stereocenters. The van der Waals surface area contributed by atoms with Crippen LogP contribution in [0.5, 0.6) is 0 Å². The Bertz CT molecular complexity index is 838. The van der Waals surface area contributed by atoms with Crippen molar-refractivity contribution in [3.8, 4) is 0 Å². The number of aromatic nitrogens is 1. The van der Waals surface area contributed by atoms with Crippen LogP contribution in [0.3, 0.4) is 0 Å². The van der Waals surface area contributed by atoms with Gasteiger partial charge in [0, 0.05) is 41.3 Å². The smallest absolute Gasteiger partial charge is 0.152 e. The Hall–Kier alpha value is -2.05. The van der Waals surface area contributed by atoms with Gasteiger partial charge in [0.1, 0.15) is 17.4 Å². The number of ether oxygens (including phenoxy) is 1. The fourth-order valence-electron chi connectivity index (χ4n) is 2.96. The van der Waals surface area contributed by atoms with Gasteiger partial charge in [-0.2, -0.15) is 0 Å². The molecule has 0 saturated carbocycles. The highest BCUT2D eigenvalue weighted by Gasteiger charge is 2.24. The lowest BCUT2D eigenvalue weighted by atomic mass is 10.1. The number of hydrogen-bond acceptors (Lipinski definition) is 4. The zero-order valence-corrected chi connectivity index (χ0v) is 13.0. The molecule has 2 aromatic heterocycles. The van der Waals surface area contributed by atoms with Crippen LogP contribution >= 0.6 is 11.3 Å². The molecule has 0 aliphatic carbocycles. The number of halogens is 2. The van der Waals surface area contributed by atoms with E-state index in [1.165, 1.54) is 6.07 Å². The van der Waals surface area contributed by atoms with Crippen molar-refractivity contribution < 1.29 is 13.5 Å². The summed E-state index contributed by atoms with van der Waals surface area (Å²) in [6.45, 7) is 1.90. The van der Waals surface area contributed by atoms with E-state index in [9.17, 15) is 8.78 Å². The fraction of sp³-hybridized carbons (Fsp3) is 0.235. The number of nitrogens with zero attached hydrogens (tertiary/aromatic N) is 2. The quantitative estimate of drug-likeness (QED) is 0.705. The minimum atomic E-state index is -0.634. The summed E-state index contributed by atoms with van der Waals surface area (Å²) in [5.74, 6) is -1.22. The van der Waals surface area contributed by atoms with Crippen LogP contribution in [0.25, 0.3) is 10.9 Å². The van der Waals surface area contributed by atoms with Gasteiger partial charge in [-0.15, -0.1) is 11.3 Å². The molecule has 1 aliphatic heterocycles. The molecule has 118 valence electrons. The van der Waals surface area contributed by atoms with E-state index < -0.39 is 11.6 Å². The minimum Gasteiger partial charge on any atom is -0.369 e. The van der Waals surface area contributed by atoms with E-state index in [4.69, 9.17) is 4.74 Å². The molecule has 1 aromatic carbocycles. The first-order valence-electron chi connectivity index (χ1n) is 7.36. The maximum atomic E-state index is 14.0. The number of hydrogen-bond donors (Lipinski definition) is 0. The summed E-state index contributed by atoms with van der Waals surface area (Å²) in [7, 11) is 0. The lowest BCUT2D eigenvalue weighted by Gasteiger charge is -2.34. The van der Waals surface area contributed by atoms with Crippen LogP contribution in [0, 0.1) is 11.6 Å². The third-order valence-corrected chi connectivity index (χ3v) is 4.97. The van der Waals surface area contributed by atoms with Crippen molar-refractivity contribution in [2.45, 2.75) is 6.10 Å². The third-order valence-electron chi connectivity index (χ3n) is 4.01. The summed E-state index contributed by atoms with van der Waals surface area (Å²) in [5, 5.41) is 2.52. The Morgan fingerprint density at radius 1 is 1.26 bits per heavy atom. The van der Waals surface area contributed by atoms with Gasteiger partial charge < -0.3 is 9.64 Å². The number of thiophene rings is 1. The molecule has 1 aliphatic rings. The zero-order chi connectivity index (χ0) is 15.8. The molecule has 0 spiro atoms. The van der Waals surface area contributed by atoms with Crippen LogP contribution in [0.1, 0.15) is 11.0 Å². The summed E-state index contributed by atoms with van der Waals surface area (Å²) in [4.78, 5) is 7.31. The maximum Gasteiger partial charge on any atom is 0.152 e. The Balaban J connectivity index is 1.74. The number of fused-ring (bicyclic) bond motifs is 1. The van der Waals surface area contributed by atoms with Crippen molar-refractivity contribution >= 4 is 27.9 Å². The van der Waals surface area contributed by atoms with Crippen LogP contribution in [-0.4, -0.2) is 24.7 Å². The summed E-state index contributed by atoms with van der Waals surface area (Å²) < 4.78 is 33.4. The van der Waals surface area contributed by atoms with E-state index in [0.717, 1.165) is 16.6 Å². The van der Waals surface area contributed by atoms with Crippen LogP contribution in [0.2, 0.25) is 0 Å². The molecule has 3 heterocycles.